The number of fused-ring (bicyclic) bond motifs is 18. The van der Waals surface area contributed by atoms with Crippen LogP contribution in [0.1, 0.15) is 120 Å². The lowest BCUT2D eigenvalue weighted by molar-refractivity contribution is 0.442. The molecule has 19 rings (SSSR count). The Balaban J connectivity index is 0.709. The number of hydrogen-bond donors (Lipinski definition) is 0. The summed E-state index contributed by atoms with van der Waals surface area (Å²) in [4.78, 5) is 4.79. The summed E-state index contributed by atoms with van der Waals surface area (Å²) in [5, 5.41) is 14.6. The van der Waals surface area contributed by atoms with Crippen molar-refractivity contribution in [1.29, 1.82) is 0 Å². The fourth-order valence-electron chi connectivity index (χ4n) is 17.8. The highest BCUT2D eigenvalue weighted by atomic mass is 16.3. The summed E-state index contributed by atoms with van der Waals surface area (Å²) in [5.74, 6) is 0.532. The molecule has 2 heterocycles. The monoisotopic (exact) mass is 1240 g/mol. The van der Waals surface area contributed by atoms with Crippen LogP contribution in [0.5, 0.6) is 0 Å². The predicted molar refractivity (Wildman–Crippen MR) is 405 cm³/mol. The molecule has 3 aliphatic rings. The Hall–Kier alpha value is -10.7. The van der Waals surface area contributed by atoms with Crippen molar-refractivity contribution in [1.82, 2.24) is 0 Å². The third-order valence-corrected chi connectivity index (χ3v) is 22.4. The van der Waals surface area contributed by atoms with E-state index in [0.717, 1.165) is 72.6 Å². The first-order valence-electron chi connectivity index (χ1n) is 34.6. The Morgan fingerprint density at radius 2 is 0.823 bits per heavy atom. The molecule has 14 aromatic carbocycles. The number of benzene rings is 14. The molecule has 0 amide bonds. The minimum Gasteiger partial charge on any atom is -0.454 e. The van der Waals surface area contributed by atoms with Gasteiger partial charge in [0, 0.05) is 60.7 Å². The zero-order valence-corrected chi connectivity index (χ0v) is 55.6. The zero-order valence-electron chi connectivity index (χ0n) is 55.6. The maximum Gasteiger partial charge on any atom is 0.159 e. The molecule has 0 unspecified atom stereocenters. The number of hydrogen-bond acceptors (Lipinski definition) is 4. The third kappa shape index (κ3) is 8.46. The van der Waals surface area contributed by atoms with Crippen molar-refractivity contribution in [2.75, 3.05) is 9.80 Å². The maximum absolute atomic E-state index is 7.41. The van der Waals surface area contributed by atoms with Crippen LogP contribution in [0, 0.1) is 0 Å². The molecule has 0 aliphatic heterocycles. The van der Waals surface area contributed by atoms with E-state index in [1.807, 2.05) is 0 Å². The smallest absolute Gasteiger partial charge is 0.159 e. The van der Waals surface area contributed by atoms with Gasteiger partial charge in [-0.05, 0) is 226 Å². The van der Waals surface area contributed by atoms with Crippen LogP contribution in [0.3, 0.4) is 0 Å². The first kappa shape index (κ1) is 56.8. The van der Waals surface area contributed by atoms with Gasteiger partial charge in [0.1, 0.15) is 11.2 Å². The fourth-order valence-corrected chi connectivity index (χ4v) is 17.8. The van der Waals surface area contributed by atoms with Crippen LogP contribution in [-0.2, 0) is 16.2 Å². The Morgan fingerprint density at radius 1 is 0.333 bits per heavy atom. The van der Waals surface area contributed by atoms with E-state index >= 15 is 0 Å². The third-order valence-electron chi connectivity index (χ3n) is 22.4. The molecule has 1 saturated carbocycles. The molecule has 464 valence electrons. The van der Waals surface area contributed by atoms with Gasteiger partial charge in [-0.1, -0.05) is 225 Å². The van der Waals surface area contributed by atoms with Gasteiger partial charge >= 0.3 is 0 Å². The first-order valence-corrected chi connectivity index (χ1v) is 34.6. The zero-order chi connectivity index (χ0) is 64.5. The van der Waals surface area contributed by atoms with Crippen molar-refractivity contribution >= 4 is 121 Å². The van der Waals surface area contributed by atoms with Crippen molar-refractivity contribution < 1.29 is 8.83 Å². The molecule has 0 radical (unpaired) electrons. The number of para-hydroxylation sites is 5. The van der Waals surface area contributed by atoms with Crippen LogP contribution >= 0.6 is 0 Å². The SMILES string of the molecule is CC(C)(C)c1cc(-c2cccc3cc4c(cc23)C(C)(C)c2c-4ccc3cc(N(c4ccccc4)c4cccc5c4oc4c(C6CCCCC6)cccc45)ccc23)cc2c1oc1c(N(c3ccccc3)c3ccc4c5c(ccc4c3)-c3cc4ccccc4cc3C5(C)C)cccc12. The van der Waals surface area contributed by atoms with E-state index in [2.05, 4.69) is 313 Å². The minimum absolute atomic E-state index is 0.171. The van der Waals surface area contributed by atoms with Gasteiger partial charge in [-0.25, -0.2) is 0 Å². The molecule has 1 fully saturated rings. The summed E-state index contributed by atoms with van der Waals surface area (Å²) in [7, 11) is 0. The molecule has 16 aromatic rings. The number of furan rings is 2. The second-order valence-electron chi connectivity index (χ2n) is 29.8. The fraction of sp³-hybridized carbons (Fsp3) is 0.174. The quantitative estimate of drug-likeness (QED) is 0.152. The molecule has 0 spiro atoms. The molecule has 0 bridgehead atoms. The molecule has 0 saturated heterocycles. The standard InChI is InChI=1S/C92H74N2O2/c1-90(2,3)81-53-61(51-78-74-36-22-38-83(89(74)96-87(78)81)94(63-30-15-10-16-31-63)65-41-45-67-59(47-65)39-43-70-76-49-56-25-17-18-26-57(56)52-79(76)91(4,5)84(67)70)66-32-19-27-58-50-77-71-44-40-60-48-64(42-46-68(60)85(71)92(6,7)80(77)54-75(58)66)93(62-28-13-9-14-29-62)82-37-21-35-73-72-34-20-33-69(86(72)95-88(73)82)55-23-11-8-12-24-55/h9-10,13-22,25-55H,8,11-12,23-24H2,1-7H3. The number of rotatable bonds is 8. The second-order valence-corrected chi connectivity index (χ2v) is 29.8. The van der Waals surface area contributed by atoms with Gasteiger partial charge in [-0.3, -0.25) is 0 Å². The summed E-state index contributed by atoms with van der Waals surface area (Å²) < 4.78 is 14.6. The van der Waals surface area contributed by atoms with Gasteiger partial charge in [0.2, 0.25) is 0 Å². The highest BCUT2D eigenvalue weighted by molar-refractivity contribution is 6.15. The topological polar surface area (TPSA) is 32.8 Å². The maximum atomic E-state index is 7.41. The van der Waals surface area contributed by atoms with E-state index in [1.54, 1.807) is 0 Å². The minimum atomic E-state index is -0.298. The van der Waals surface area contributed by atoms with E-state index in [1.165, 1.54) is 147 Å². The van der Waals surface area contributed by atoms with Crippen LogP contribution in [0.15, 0.2) is 264 Å². The van der Waals surface area contributed by atoms with Gasteiger partial charge in [0.25, 0.3) is 0 Å². The van der Waals surface area contributed by atoms with E-state index in [9.17, 15) is 0 Å². The lowest BCUT2D eigenvalue weighted by atomic mass is 9.79. The normalized spacial score (nSPS) is 14.9. The van der Waals surface area contributed by atoms with E-state index in [-0.39, 0.29) is 16.2 Å². The van der Waals surface area contributed by atoms with Gasteiger partial charge in [0.05, 0.1) is 11.4 Å². The van der Waals surface area contributed by atoms with Gasteiger partial charge in [0.15, 0.2) is 11.2 Å². The number of anilines is 6. The Kier molecular flexibility index (Phi) is 12.4. The average molecular weight is 1240 g/mol. The Morgan fingerprint density at radius 3 is 1.42 bits per heavy atom. The van der Waals surface area contributed by atoms with Gasteiger partial charge < -0.3 is 18.6 Å². The predicted octanol–water partition coefficient (Wildman–Crippen LogP) is 26.7. The van der Waals surface area contributed by atoms with E-state index in [4.69, 9.17) is 8.83 Å². The van der Waals surface area contributed by atoms with E-state index in [0.29, 0.717) is 5.92 Å². The summed E-state index contributed by atoms with van der Waals surface area (Å²) in [6, 6.07) is 95.6. The molecule has 4 nitrogen and oxygen atoms in total. The van der Waals surface area contributed by atoms with Gasteiger partial charge in [-0.2, -0.15) is 0 Å². The van der Waals surface area contributed by atoms with Crippen molar-refractivity contribution in [3.8, 4) is 33.4 Å². The van der Waals surface area contributed by atoms with Crippen LogP contribution in [0.2, 0.25) is 0 Å². The molecule has 0 N–H and O–H groups in total. The number of nitrogens with zero attached hydrogens (tertiary/aromatic N) is 2. The van der Waals surface area contributed by atoms with Crippen molar-refractivity contribution in [3.63, 3.8) is 0 Å². The van der Waals surface area contributed by atoms with E-state index < -0.39 is 0 Å². The van der Waals surface area contributed by atoms with Crippen molar-refractivity contribution in [2.24, 2.45) is 0 Å². The van der Waals surface area contributed by atoms with Crippen LogP contribution in [-0.4, -0.2) is 0 Å². The molecule has 2 aromatic heterocycles. The summed E-state index contributed by atoms with van der Waals surface area (Å²) in [6.45, 7) is 16.6. The molecular weight excluding hydrogens is 1170 g/mol. The highest BCUT2D eigenvalue weighted by Gasteiger charge is 2.40. The Bertz CT molecular complexity index is 5930. The van der Waals surface area contributed by atoms with Crippen LogP contribution in [0.4, 0.5) is 34.1 Å². The lowest BCUT2D eigenvalue weighted by Gasteiger charge is -2.27. The second kappa shape index (κ2) is 20.9. The average Bonchev–Trinajstić information content (AvgIpc) is 1.54. The van der Waals surface area contributed by atoms with Crippen LogP contribution < -0.4 is 9.80 Å². The molecule has 4 heteroatoms. The summed E-state index contributed by atoms with van der Waals surface area (Å²) in [6.07, 6.45) is 6.33. The Labute approximate surface area is 560 Å². The van der Waals surface area contributed by atoms with Crippen LogP contribution in [0.25, 0.3) is 120 Å². The molecular formula is C92H74N2O2. The highest BCUT2D eigenvalue weighted by Crippen LogP contribution is 2.57. The largest absolute Gasteiger partial charge is 0.454 e. The van der Waals surface area contributed by atoms with Crippen molar-refractivity contribution in [2.45, 2.75) is 103 Å². The summed E-state index contributed by atoms with van der Waals surface area (Å²) in [5.41, 5.74) is 25.2. The van der Waals surface area contributed by atoms with Crippen molar-refractivity contribution in [3.05, 3.63) is 288 Å². The first-order chi connectivity index (χ1) is 46.7. The molecule has 3 aliphatic carbocycles. The molecule has 0 atom stereocenters. The molecule has 96 heavy (non-hydrogen) atoms. The lowest BCUT2D eigenvalue weighted by Crippen LogP contribution is -2.16. The van der Waals surface area contributed by atoms with Gasteiger partial charge in [-0.15, -0.1) is 0 Å². The summed E-state index contributed by atoms with van der Waals surface area (Å²) >= 11 is 0.